The van der Waals surface area contributed by atoms with Crippen LogP contribution in [0.3, 0.4) is 0 Å². The first-order valence-corrected chi connectivity index (χ1v) is 9.98. The van der Waals surface area contributed by atoms with Crippen LogP contribution in [0.4, 0.5) is 0 Å². The van der Waals surface area contributed by atoms with Crippen molar-refractivity contribution < 1.29 is 30.0 Å². The fraction of sp³-hybridized carbons (Fsp3) is 0.591. The predicted octanol–water partition coefficient (Wildman–Crippen LogP) is 2.90. The van der Waals surface area contributed by atoms with Gasteiger partial charge in [0.2, 0.25) is 0 Å². The minimum Gasteiger partial charge on any atom is -0.481 e. The number of carboxylic acid groups (broad SMARTS) is 1. The van der Waals surface area contributed by atoms with E-state index in [1.807, 2.05) is 43.4 Å². The Labute approximate surface area is 167 Å². The van der Waals surface area contributed by atoms with Crippen molar-refractivity contribution in [1.29, 1.82) is 0 Å². The predicted molar refractivity (Wildman–Crippen MR) is 109 cm³/mol. The Morgan fingerprint density at radius 3 is 2.57 bits per heavy atom. The highest BCUT2D eigenvalue weighted by molar-refractivity contribution is 5.66. The van der Waals surface area contributed by atoms with E-state index in [4.69, 9.17) is 9.84 Å². The largest absolute Gasteiger partial charge is 0.481 e. The van der Waals surface area contributed by atoms with Gasteiger partial charge in [0.15, 0.2) is 0 Å². The molecule has 0 aromatic rings. The van der Waals surface area contributed by atoms with E-state index in [1.54, 1.807) is 0 Å². The maximum absolute atomic E-state index is 10.4. The summed E-state index contributed by atoms with van der Waals surface area (Å²) >= 11 is 0. The highest BCUT2D eigenvalue weighted by Crippen LogP contribution is 2.26. The topological polar surface area (TPSA) is 107 Å². The lowest BCUT2D eigenvalue weighted by Gasteiger charge is -2.16. The van der Waals surface area contributed by atoms with Gasteiger partial charge in [0.1, 0.15) is 0 Å². The number of aliphatic hydroxyl groups excluding tert-OH is 3. The molecule has 6 nitrogen and oxygen atoms in total. The summed E-state index contributed by atoms with van der Waals surface area (Å²) in [5.74, 6) is -0.807. The van der Waals surface area contributed by atoms with E-state index in [9.17, 15) is 20.1 Å². The zero-order valence-corrected chi connectivity index (χ0v) is 16.6. The highest BCUT2D eigenvalue weighted by atomic mass is 16.5. The lowest BCUT2D eigenvalue weighted by molar-refractivity contribution is -0.136. The quantitative estimate of drug-likeness (QED) is 0.358. The first kappa shape index (κ1) is 24.3. The van der Waals surface area contributed by atoms with Crippen LogP contribution in [0, 0.1) is 0 Å². The number of aliphatic hydroxyl groups is 3. The Balaban J connectivity index is 2.28. The minimum atomic E-state index is -0.870. The molecule has 1 rings (SSSR count). The van der Waals surface area contributed by atoms with Crippen LogP contribution in [0.15, 0.2) is 48.6 Å². The third-order valence-corrected chi connectivity index (χ3v) is 4.44. The summed E-state index contributed by atoms with van der Waals surface area (Å²) in [4.78, 5) is 10.4. The molecule has 0 unspecified atom stereocenters. The maximum atomic E-state index is 10.4. The lowest BCUT2D eigenvalue weighted by atomic mass is 10.0. The molecule has 1 fully saturated rings. The van der Waals surface area contributed by atoms with E-state index >= 15 is 0 Å². The number of rotatable bonds is 13. The van der Waals surface area contributed by atoms with Crippen molar-refractivity contribution in [1.82, 2.24) is 0 Å². The van der Waals surface area contributed by atoms with Gasteiger partial charge in [-0.2, -0.15) is 0 Å². The van der Waals surface area contributed by atoms with Crippen LogP contribution in [0.2, 0.25) is 0 Å². The van der Waals surface area contributed by atoms with Crippen LogP contribution >= 0.6 is 0 Å². The van der Waals surface area contributed by atoms with Crippen LogP contribution in [-0.2, 0) is 9.53 Å². The Hall–Kier alpha value is -1.73. The van der Waals surface area contributed by atoms with E-state index in [2.05, 4.69) is 0 Å². The number of hydrogen-bond donors (Lipinski definition) is 4. The first-order valence-electron chi connectivity index (χ1n) is 9.98. The number of aliphatic carboxylic acids is 1. The fourth-order valence-electron chi connectivity index (χ4n) is 2.87. The summed E-state index contributed by atoms with van der Waals surface area (Å²) in [5, 5.41) is 38.7. The summed E-state index contributed by atoms with van der Waals surface area (Å²) < 4.78 is 5.73. The summed E-state index contributed by atoms with van der Waals surface area (Å²) in [6.07, 6.45) is 15.3. The molecule has 5 atom stereocenters. The minimum absolute atomic E-state index is 0.129. The Morgan fingerprint density at radius 2 is 1.86 bits per heavy atom. The number of hydrogen-bond acceptors (Lipinski definition) is 5. The summed E-state index contributed by atoms with van der Waals surface area (Å²) in [6, 6.07) is 0. The Bertz CT molecular complexity index is 551. The second kappa shape index (κ2) is 14.3. The van der Waals surface area contributed by atoms with Gasteiger partial charge in [-0.25, -0.2) is 0 Å². The van der Waals surface area contributed by atoms with Crippen LogP contribution in [0.1, 0.15) is 51.9 Å². The molecule has 0 saturated carbocycles. The average molecular weight is 395 g/mol. The molecule has 0 aromatic carbocycles. The van der Waals surface area contributed by atoms with Crippen LogP contribution in [-0.4, -0.2) is 56.9 Å². The molecule has 158 valence electrons. The lowest BCUT2D eigenvalue weighted by Crippen LogP contribution is -2.24. The average Bonchev–Trinajstić information content (AvgIpc) is 3.02. The number of carboxylic acids is 1. The molecular formula is C22H34O6. The number of allylic oxidation sites excluding steroid dienone is 4. The standard InChI is InChI=1S/C22H34O6/c1-2-3-8-12-20-19(25)16-21(28-20)18(24)15-14-17(23)11-9-6-4-5-7-10-13-22(26)27/h3,5-9,14-15,17-21,23-25H,2,4,10-13,16H2,1H3,(H,26,27)/b7-5-,8-3-,9-6-,15-14+/t17-,18+,19+,20-,21-/m1/s1. The van der Waals surface area contributed by atoms with Gasteiger partial charge in [0.25, 0.3) is 0 Å². The highest BCUT2D eigenvalue weighted by Gasteiger charge is 2.36. The molecule has 0 aromatic heterocycles. The monoisotopic (exact) mass is 394 g/mol. The van der Waals surface area contributed by atoms with E-state index in [0.29, 0.717) is 32.1 Å². The first-order chi connectivity index (χ1) is 13.4. The molecule has 1 saturated heterocycles. The summed E-state index contributed by atoms with van der Waals surface area (Å²) in [7, 11) is 0. The second-order valence-corrected chi connectivity index (χ2v) is 6.92. The van der Waals surface area contributed by atoms with Crippen LogP contribution < -0.4 is 0 Å². The van der Waals surface area contributed by atoms with Gasteiger partial charge >= 0.3 is 5.97 Å². The van der Waals surface area contributed by atoms with Gasteiger partial charge in [-0.15, -0.1) is 0 Å². The third-order valence-electron chi connectivity index (χ3n) is 4.44. The summed E-state index contributed by atoms with van der Waals surface area (Å²) in [5.41, 5.74) is 0. The van der Waals surface area contributed by atoms with Crippen LogP contribution in [0.5, 0.6) is 0 Å². The van der Waals surface area contributed by atoms with Gasteiger partial charge < -0.3 is 25.2 Å². The van der Waals surface area contributed by atoms with Crippen molar-refractivity contribution in [2.45, 2.75) is 82.4 Å². The number of carbonyl (C=O) groups is 1. The smallest absolute Gasteiger partial charge is 0.303 e. The molecule has 6 heteroatoms. The van der Waals surface area contributed by atoms with Crippen LogP contribution in [0.25, 0.3) is 0 Å². The van der Waals surface area contributed by atoms with E-state index in [-0.39, 0.29) is 12.5 Å². The van der Waals surface area contributed by atoms with Gasteiger partial charge in [-0.3, -0.25) is 4.79 Å². The summed E-state index contributed by atoms with van der Waals surface area (Å²) in [6.45, 7) is 2.04. The van der Waals surface area contributed by atoms with Crippen molar-refractivity contribution >= 4 is 5.97 Å². The zero-order valence-electron chi connectivity index (χ0n) is 16.6. The van der Waals surface area contributed by atoms with E-state index in [1.165, 1.54) is 12.2 Å². The molecule has 1 heterocycles. The van der Waals surface area contributed by atoms with Gasteiger partial charge in [0, 0.05) is 12.8 Å². The van der Waals surface area contributed by atoms with Gasteiger partial charge in [-0.1, -0.05) is 55.5 Å². The van der Waals surface area contributed by atoms with Gasteiger partial charge in [-0.05, 0) is 32.1 Å². The van der Waals surface area contributed by atoms with Gasteiger partial charge in [0.05, 0.1) is 30.5 Å². The normalized spacial score (nSPS) is 25.5. The van der Waals surface area contributed by atoms with E-state index < -0.39 is 30.4 Å². The van der Waals surface area contributed by atoms with Crippen molar-refractivity contribution in [3.8, 4) is 0 Å². The van der Waals surface area contributed by atoms with Crippen molar-refractivity contribution in [3.05, 3.63) is 48.6 Å². The molecule has 0 amide bonds. The molecule has 0 radical (unpaired) electrons. The molecule has 0 aliphatic carbocycles. The van der Waals surface area contributed by atoms with Crippen molar-refractivity contribution in [2.24, 2.45) is 0 Å². The Kier molecular flexibility index (Phi) is 12.4. The number of ether oxygens (including phenoxy) is 1. The molecule has 1 aliphatic rings. The fourth-order valence-corrected chi connectivity index (χ4v) is 2.87. The second-order valence-electron chi connectivity index (χ2n) is 6.92. The third kappa shape index (κ3) is 10.6. The van der Waals surface area contributed by atoms with Crippen molar-refractivity contribution in [2.75, 3.05) is 0 Å². The zero-order chi connectivity index (χ0) is 20.8. The SMILES string of the molecule is CC/C=C\C[C@H]1O[C@@H]([C@@H](O)/C=C/[C@H](O)C/C=C\C/C=C\CCC(=O)O)C[C@@H]1O. The van der Waals surface area contributed by atoms with E-state index in [0.717, 1.165) is 6.42 Å². The molecule has 0 spiro atoms. The Morgan fingerprint density at radius 1 is 1.11 bits per heavy atom. The molecule has 28 heavy (non-hydrogen) atoms. The maximum Gasteiger partial charge on any atom is 0.303 e. The molecule has 4 N–H and O–H groups in total. The molecular weight excluding hydrogens is 360 g/mol. The van der Waals surface area contributed by atoms with Crippen molar-refractivity contribution in [3.63, 3.8) is 0 Å². The molecule has 0 bridgehead atoms. The molecule has 1 aliphatic heterocycles.